The molecule has 0 fully saturated rings. The molecule has 0 aliphatic rings. The van der Waals surface area contributed by atoms with Crippen LogP contribution < -0.4 is 15.8 Å². The molecular formula is C17H15BrN4O3S. The van der Waals surface area contributed by atoms with Gasteiger partial charge < -0.3 is 10.6 Å². The molecule has 2 rings (SSSR count). The molecule has 1 amide bonds. The van der Waals surface area contributed by atoms with Crippen LogP contribution in [0.4, 0.5) is 11.4 Å². The molecule has 0 radical (unpaired) electrons. The van der Waals surface area contributed by atoms with E-state index in [2.05, 4.69) is 26.6 Å². The maximum atomic E-state index is 12.2. The normalized spacial score (nSPS) is 11.5. The SMILES string of the molecule is Cc1cc(Br)ccc1N/C=C(/C#N)C(=O)Nc1ccc(S(N)(=O)=O)cc1. The van der Waals surface area contributed by atoms with Crippen LogP contribution >= 0.6 is 15.9 Å². The monoisotopic (exact) mass is 434 g/mol. The van der Waals surface area contributed by atoms with Gasteiger partial charge in [0.1, 0.15) is 11.6 Å². The van der Waals surface area contributed by atoms with E-state index in [-0.39, 0.29) is 10.5 Å². The van der Waals surface area contributed by atoms with Crippen LogP contribution in [-0.2, 0) is 14.8 Å². The number of carbonyl (C=O) groups is 1. The molecular weight excluding hydrogens is 420 g/mol. The van der Waals surface area contributed by atoms with E-state index in [1.165, 1.54) is 30.5 Å². The van der Waals surface area contributed by atoms with Crippen molar-refractivity contribution in [1.82, 2.24) is 0 Å². The minimum absolute atomic E-state index is 0.0704. The molecule has 0 unspecified atom stereocenters. The topological polar surface area (TPSA) is 125 Å². The first-order valence-corrected chi connectivity index (χ1v) is 9.62. The highest BCUT2D eigenvalue weighted by Gasteiger charge is 2.11. The van der Waals surface area contributed by atoms with Crippen LogP contribution in [0.25, 0.3) is 0 Å². The molecule has 7 nitrogen and oxygen atoms in total. The molecule has 0 bridgehead atoms. The highest BCUT2D eigenvalue weighted by Crippen LogP contribution is 2.20. The number of benzene rings is 2. The number of amides is 1. The van der Waals surface area contributed by atoms with Crippen LogP contribution in [0.3, 0.4) is 0 Å². The van der Waals surface area contributed by atoms with Gasteiger partial charge in [0.25, 0.3) is 5.91 Å². The van der Waals surface area contributed by atoms with Crippen LogP contribution in [0.5, 0.6) is 0 Å². The summed E-state index contributed by atoms with van der Waals surface area (Å²) in [6, 6.07) is 12.7. The first-order valence-electron chi connectivity index (χ1n) is 7.28. The van der Waals surface area contributed by atoms with Crippen molar-refractivity contribution in [1.29, 1.82) is 5.26 Å². The maximum Gasteiger partial charge on any atom is 0.267 e. The van der Waals surface area contributed by atoms with Crippen molar-refractivity contribution in [2.45, 2.75) is 11.8 Å². The lowest BCUT2D eigenvalue weighted by atomic mass is 10.2. The minimum atomic E-state index is -3.81. The first kappa shape index (κ1) is 19.7. The Morgan fingerprint density at radius 1 is 1.23 bits per heavy atom. The molecule has 4 N–H and O–H groups in total. The molecule has 26 heavy (non-hydrogen) atoms. The molecule has 134 valence electrons. The van der Waals surface area contributed by atoms with Gasteiger partial charge in [0.05, 0.1) is 4.90 Å². The van der Waals surface area contributed by atoms with Crippen molar-refractivity contribution in [2.24, 2.45) is 5.14 Å². The molecule has 2 aromatic carbocycles. The van der Waals surface area contributed by atoms with E-state index in [0.717, 1.165) is 15.7 Å². The number of hydrogen-bond acceptors (Lipinski definition) is 5. The van der Waals surface area contributed by atoms with E-state index >= 15 is 0 Å². The second-order valence-electron chi connectivity index (χ2n) is 5.30. The van der Waals surface area contributed by atoms with Gasteiger partial charge in [0.2, 0.25) is 10.0 Å². The summed E-state index contributed by atoms with van der Waals surface area (Å²) < 4.78 is 23.4. The fraction of sp³-hybridized carbons (Fsp3) is 0.0588. The Kier molecular flexibility index (Phi) is 6.15. The molecule has 0 aliphatic carbocycles. The van der Waals surface area contributed by atoms with Gasteiger partial charge in [0.15, 0.2) is 0 Å². The number of aryl methyl sites for hydroxylation is 1. The number of hydrogen-bond donors (Lipinski definition) is 3. The average molecular weight is 435 g/mol. The zero-order valence-electron chi connectivity index (χ0n) is 13.7. The lowest BCUT2D eigenvalue weighted by Gasteiger charge is -2.08. The Hall–Kier alpha value is -2.67. The van der Waals surface area contributed by atoms with Crippen molar-refractivity contribution < 1.29 is 13.2 Å². The number of carbonyl (C=O) groups excluding carboxylic acids is 1. The standard InChI is InChI=1S/C17H15BrN4O3S/c1-11-8-13(18)2-7-16(11)21-10-12(9-19)17(23)22-14-3-5-15(6-4-14)26(20,24)25/h2-8,10,21H,1H3,(H,22,23)(H2,20,24,25)/b12-10-. The third kappa shape index (κ3) is 5.16. The molecule has 2 aromatic rings. The number of nitrogens with two attached hydrogens (primary N) is 1. The summed E-state index contributed by atoms with van der Waals surface area (Å²) in [5, 5.41) is 19.7. The van der Waals surface area contributed by atoms with Crippen molar-refractivity contribution in [3.63, 3.8) is 0 Å². The van der Waals surface area contributed by atoms with E-state index in [0.29, 0.717) is 5.69 Å². The van der Waals surface area contributed by atoms with Crippen LogP contribution in [-0.4, -0.2) is 14.3 Å². The Labute approximate surface area is 159 Å². The van der Waals surface area contributed by atoms with Crippen LogP contribution in [0.15, 0.2) is 63.6 Å². The molecule has 0 saturated carbocycles. The molecule has 0 atom stereocenters. The number of rotatable bonds is 5. The zero-order valence-corrected chi connectivity index (χ0v) is 16.1. The van der Waals surface area contributed by atoms with Crippen molar-refractivity contribution in [2.75, 3.05) is 10.6 Å². The lowest BCUT2D eigenvalue weighted by molar-refractivity contribution is -0.112. The molecule has 0 spiro atoms. The quantitative estimate of drug-likeness (QED) is 0.492. The average Bonchev–Trinajstić information content (AvgIpc) is 2.56. The largest absolute Gasteiger partial charge is 0.360 e. The van der Waals surface area contributed by atoms with Crippen molar-refractivity contribution in [3.8, 4) is 6.07 Å². The number of halogens is 1. The predicted molar refractivity (Wildman–Crippen MR) is 103 cm³/mol. The summed E-state index contributed by atoms with van der Waals surface area (Å²) in [5.41, 5.74) is 1.89. The fourth-order valence-corrected chi connectivity index (χ4v) is 3.00. The number of nitrogens with zero attached hydrogens (tertiary/aromatic N) is 1. The van der Waals surface area contributed by atoms with E-state index in [1.807, 2.05) is 31.2 Å². The Bertz CT molecular complexity index is 1010. The second-order valence-corrected chi connectivity index (χ2v) is 7.77. The summed E-state index contributed by atoms with van der Waals surface area (Å²) in [6.07, 6.45) is 1.31. The van der Waals surface area contributed by atoms with Gasteiger partial charge in [-0.2, -0.15) is 5.26 Å². The fourth-order valence-electron chi connectivity index (χ4n) is 2.01. The smallest absolute Gasteiger partial charge is 0.267 e. The zero-order chi connectivity index (χ0) is 19.3. The summed E-state index contributed by atoms with van der Waals surface area (Å²) >= 11 is 3.36. The van der Waals surface area contributed by atoms with E-state index in [4.69, 9.17) is 5.14 Å². The minimum Gasteiger partial charge on any atom is -0.360 e. The molecule has 0 heterocycles. The van der Waals surface area contributed by atoms with Gasteiger partial charge >= 0.3 is 0 Å². The summed E-state index contributed by atoms with van der Waals surface area (Å²) in [6.45, 7) is 1.89. The van der Waals surface area contributed by atoms with Crippen LogP contribution in [0.1, 0.15) is 5.56 Å². The van der Waals surface area contributed by atoms with E-state index < -0.39 is 15.9 Å². The number of anilines is 2. The van der Waals surface area contributed by atoms with Gasteiger partial charge in [-0.05, 0) is 55.0 Å². The van der Waals surface area contributed by atoms with Crippen LogP contribution in [0.2, 0.25) is 0 Å². The van der Waals surface area contributed by atoms with Crippen molar-refractivity contribution >= 4 is 43.2 Å². The number of primary sulfonamides is 1. The van der Waals surface area contributed by atoms with E-state index in [9.17, 15) is 18.5 Å². The summed E-state index contributed by atoms with van der Waals surface area (Å²) in [7, 11) is -3.81. The Morgan fingerprint density at radius 3 is 2.42 bits per heavy atom. The highest BCUT2D eigenvalue weighted by atomic mass is 79.9. The van der Waals surface area contributed by atoms with E-state index in [1.54, 1.807) is 0 Å². The second kappa shape index (κ2) is 8.14. The number of sulfonamides is 1. The third-order valence-corrected chi connectivity index (χ3v) is 4.79. The van der Waals surface area contributed by atoms with Gasteiger partial charge in [-0.25, -0.2) is 13.6 Å². The molecule has 0 saturated heterocycles. The first-order chi connectivity index (χ1) is 12.2. The van der Waals surface area contributed by atoms with Gasteiger partial charge in [0, 0.05) is 22.0 Å². The van der Waals surface area contributed by atoms with Gasteiger partial charge in [-0.1, -0.05) is 15.9 Å². The lowest BCUT2D eigenvalue weighted by Crippen LogP contribution is -2.15. The maximum absolute atomic E-state index is 12.2. The number of nitrogens with one attached hydrogen (secondary N) is 2. The Morgan fingerprint density at radius 2 is 1.88 bits per heavy atom. The van der Waals surface area contributed by atoms with Crippen molar-refractivity contribution in [3.05, 3.63) is 64.3 Å². The highest BCUT2D eigenvalue weighted by molar-refractivity contribution is 9.10. The summed E-state index contributed by atoms with van der Waals surface area (Å²) in [5.74, 6) is -0.627. The predicted octanol–water partition coefficient (Wildman–Crippen LogP) is 2.86. The third-order valence-electron chi connectivity index (χ3n) is 3.37. The molecule has 0 aromatic heterocycles. The number of nitriles is 1. The summed E-state index contributed by atoms with van der Waals surface area (Å²) in [4.78, 5) is 12.1. The molecule has 0 aliphatic heterocycles. The molecule has 9 heteroatoms. The van der Waals surface area contributed by atoms with Gasteiger partial charge in [-0.3, -0.25) is 4.79 Å². The van der Waals surface area contributed by atoms with Crippen LogP contribution in [0, 0.1) is 18.3 Å². The van der Waals surface area contributed by atoms with Gasteiger partial charge in [-0.15, -0.1) is 0 Å². The Balaban J connectivity index is 2.12.